The van der Waals surface area contributed by atoms with Crippen molar-refractivity contribution in [2.75, 3.05) is 0 Å². The minimum Gasteiger partial charge on any atom is -0.261 e. The van der Waals surface area contributed by atoms with E-state index in [0.29, 0.717) is 0 Å². The summed E-state index contributed by atoms with van der Waals surface area (Å²) in [5, 5.41) is 2.54. The number of benzene rings is 2. The Labute approximate surface area is 220 Å². The molecule has 0 amide bonds. The van der Waals surface area contributed by atoms with Gasteiger partial charge in [-0.3, -0.25) is 9.97 Å². The van der Waals surface area contributed by atoms with Crippen molar-refractivity contribution in [3.63, 3.8) is 0 Å². The van der Waals surface area contributed by atoms with Crippen LogP contribution in [0.5, 0.6) is 0 Å². The number of aromatic nitrogens is 2. The third-order valence-corrected chi connectivity index (χ3v) is 6.08. The van der Waals surface area contributed by atoms with Gasteiger partial charge < -0.3 is 0 Å². The van der Waals surface area contributed by atoms with Crippen molar-refractivity contribution in [3.05, 3.63) is 107 Å². The van der Waals surface area contributed by atoms with Gasteiger partial charge in [-0.25, -0.2) is 0 Å². The predicted octanol–water partition coefficient (Wildman–Crippen LogP) is 9.51. The Bertz CT molecular complexity index is 1150. The van der Waals surface area contributed by atoms with Gasteiger partial charge in [0.25, 0.3) is 0 Å². The quantitative estimate of drug-likeness (QED) is 0.249. The van der Waals surface area contributed by atoms with Gasteiger partial charge in [0, 0.05) is 28.9 Å². The lowest BCUT2D eigenvalue weighted by molar-refractivity contribution is 0.575. The first-order valence-electron chi connectivity index (χ1n) is 12.9. The third-order valence-electron chi connectivity index (χ3n) is 6.08. The Kier molecular flexibility index (Phi) is 9.60. The Morgan fingerprint density at radius 1 is 0.528 bits per heavy atom. The summed E-state index contributed by atoms with van der Waals surface area (Å²) in [7, 11) is 0. The number of hydrogen-bond acceptors (Lipinski definition) is 2. The molecule has 0 aliphatic heterocycles. The van der Waals surface area contributed by atoms with Crippen LogP contribution >= 0.6 is 0 Å². The van der Waals surface area contributed by atoms with Crippen LogP contribution in [0.25, 0.3) is 10.8 Å². The molecule has 0 atom stereocenters. The van der Waals surface area contributed by atoms with Crippen molar-refractivity contribution in [1.82, 2.24) is 9.97 Å². The summed E-state index contributed by atoms with van der Waals surface area (Å²) in [4.78, 5) is 8.72. The van der Waals surface area contributed by atoms with Crippen LogP contribution in [0.4, 0.5) is 0 Å². The molecule has 0 aliphatic rings. The molecular formula is C34H46N2. The van der Waals surface area contributed by atoms with Gasteiger partial charge in [0.15, 0.2) is 0 Å². The fraction of sp³-hybridized carbons (Fsp3) is 0.412. The largest absolute Gasteiger partial charge is 0.261 e. The van der Waals surface area contributed by atoms with Gasteiger partial charge in [-0.2, -0.15) is 0 Å². The zero-order valence-corrected chi connectivity index (χ0v) is 24.4. The first-order chi connectivity index (χ1) is 16.6. The van der Waals surface area contributed by atoms with Crippen LogP contribution in [0.1, 0.15) is 90.4 Å². The average molecular weight is 483 g/mol. The average Bonchev–Trinajstić information content (AvgIpc) is 2.78. The number of rotatable bonds is 0. The van der Waals surface area contributed by atoms with Crippen molar-refractivity contribution in [2.45, 2.75) is 92.4 Å². The van der Waals surface area contributed by atoms with Crippen molar-refractivity contribution in [1.29, 1.82) is 0 Å². The van der Waals surface area contributed by atoms with Gasteiger partial charge in [-0.1, -0.05) is 122 Å². The maximum absolute atomic E-state index is 4.48. The Morgan fingerprint density at radius 2 is 1.08 bits per heavy atom. The molecule has 36 heavy (non-hydrogen) atoms. The molecule has 192 valence electrons. The van der Waals surface area contributed by atoms with E-state index in [0.717, 1.165) is 5.69 Å². The van der Waals surface area contributed by atoms with E-state index in [1.165, 1.54) is 33.2 Å². The second-order valence-corrected chi connectivity index (χ2v) is 12.7. The number of nitrogens with zero attached hydrogens (tertiary/aromatic N) is 2. The fourth-order valence-corrected chi connectivity index (χ4v) is 3.68. The van der Waals surface area contributed by atoms with Crippen LogP contribution in [-0.2, 0) is 16.2 Å². The monoisotopic (exact) mass is 482 g/mol. The van der Waals surface area contributed by atoms with E-state index in [4.69, 9.17) is 0 Å². The molecule has 4 aromatic rings. The molecule has 2 aromatic heterocycles. The first-order valence-corrected chi connectivity index (χ1v) is 12.9. The Hall–Kier alpha value is -3.00. The number of pyridine rings is 2. The fourth-order valence-electron chi connectivity index (χ4n) is 3.68. The van der Waals surface area contributed by atoms with Crippen LogP contribution in [0.15, 0.2) is 79.1 Å². The number of aryl methyl sites for hydroxylation is 2. The number of fused-ring (bicyclic) bond motifs is 1. The van der Waals surface area contributed by atoms with E-state index in [2.05, 4.69) is 146 Å². The Balaban J connectivity index is 0.000000193. The molecule has 4 rings (SSSR count). The van der Waals surface area contributed by atoms with Crippen LogP contribution in [0, 0.1) is 13.8 Å². The van der Waals surface area contributed by atoms with Gasteiger partial charge in [-0.15, -0.1) is 0 Å². The summed E-state index contributed by atoms with van der Waals surface area (Å²) in [5.74, 6) is 0. The lowest BCUT2D eigenvalue weighted by Crippen LogP contribution is -2.13. The highest BCUT2D eigenvalue weighted by atomic mass is 14.7. The van der Waals surface area contributed by atoms with E-state index in [1.807, 2.05) is 19.3 Å². The van der Waals surface area contributed by atoms with E-state index < -0.39 is 0 Å². The normalized spacial score (nSPS) is 11.8. The Morgan fingerprint density at radius 3 is 1.58 bits per heavy atom. The first kappa shape index (κ1) is 29.2. The van der Waals surface area contributed by atoms with Crippen LogP contribution in [-0.4, -0.2) is 9.97 Å². The molecule has 0 N–H and O–H groups in total. The molecule has 2 heteroatoms. The summed E-state index contributed by atoms with van der Waals surface area (Å²) in [6.45, 7) is 24.0. The van der Waals surface area contributed by atoms with Crippen molar-refractivity contribution in [2.24, 2.45) is 0 Å². The molecule has 0 saturated carbocycles. The number of hydrogen-bond donors (Lipinski definition) is 0. The van der Waals surface area contributed by atoms with Crippen LogP contribution in [0.2, 0.25) is 0 Å². The zero-order valence-electron chi connectivity index (χ0n) is 24.4. The minimum atomic E-state index is 0.112. The van der Waals surface area contributed by atoms with Crippen molar-refractivity contribution < 1.29 is 0 Å². The summed E-state index contributed by atoms with van der Waals surface area (Å²) in [6.07, 6.45) is 3.85. The predicted molar refractivity (Wildman–Crippen MR) is 158 cm³/mol. The van der Waals surface area contributed by atoms with E-state index in [9.17, 15) is 0 Å². The molecule has 2 heterocycles. The standard InChI is InChI=1S/C13H15N.C11H16.C10H15N/c1-13(2,3)12-11-7-5-4-6-10(11)8-9-14-12;1-9-5-7-10(8-6-9)11(2,3)4;1-8-5-6-9(7-11-8)10(2,3)4/h4-9H,1-3H3;5-8H,1-4H3;5-7H,1-4H3. The van der Waals surface area contributed by atoms with E-state index in [-0.39, 0.29) is 16.2 Å². The van der Waals surface area contributed by atoms with Crippen LogP contribution in [0.3, 0.4) is 0 Å². The third kappa shape index (κ3) is 8.90. The summed E-state index contributed by atoms with van der Waals surface area (Å²) < 4.78 is 0. The van der Waals surface area contributed by atoms with Gasteiger partial charge >= 0.3 is 0 Å². The second-order valence-electron chi connectivity index (χ2n) is 12.7. The molecule has 2 aromatic carbocycles. The topological polar surface area (TPSA) is 25.8 Å². The molecule has 0 bridgehead atoms. The maximum atomic E-state index is 4.48. The summed E-state index contributed by atoms with van der Waals surface area (Å²) in [6, 6.07) is 23.4. The zero-order chi connectivity index (χ0) is 27.1. The molecule has 0 unspecified atom stereocenters. The highest BCUT2D eigenvalue weighted by Gasteiger charge is 2.17. The van der Waals surface area contributed by atoms with Gasteiger partial charge in [0.2, 0.25) is 0 Å². The van der Waals surface area contributed by atoms with Gasteiger partial charge in [0.05, 0.1) is 5.69 Å². The molecule has 0 saturated heterocycles. The molecule has 0 fully saturated rings. The second kappa shape index (κ2) is 11.8. The molecular weight excluding hydrogens is 436 g/mol. The summed E-state index contributed by atoms with van der Waals surface area (Å²) >= 11 is 0. The van der Waals surface area contributed by atoms with Gasteiger partial charge in [0.1, 0.15) is 0 Å². The van der Waals surface area contributed by atoms with Crippen molar-refractivity contribution >= 4 is 10.8 Å². The highest BCUT2D eigenvalue weighted by molar-refractivity contribution is 5.85. The molecule has 0 spiro atoms. The van der Waals surface area contributed by atoms with E-state index >= 15 is 0 Å². The molecule has 0 radical (unpaired) electrons. The molecule has 0 aliphatic carbocycles. The highest BCUT2D eigenvalue weighted by Crippen LogP contribution is 2.27. The lowest BCUT2D eigenvalue weighted by atomic mass is 9.87. The minimum absolute atomic E-state index is 0.112. The van der Waals surface area contributed by atoms with Crippen molar-refractivity contribution in [3.8, 4) is 0 Å². The molecule has 2 nitrogen and oxygen atoms in total. The lowest BCUT2D eigenvalue weighted by Gasteiger charge is -2.19. The smallest absolute Gasteiger partial charge is 0.0535 e. The SMILES string of the molecule is CC(C)(C)c1nccc2ccccc12.Cc1ccc(C(C)(C)C)cc1.Cc1ccc(C(C)(C)C)cn1. The summed E-state index contributed by atoms with van der Waals surface area (Å²) in [5.41, 5.74) is 6.91. The maximum Gasteiger partial charge on any atom is 0.0535 e. The van der Waals surface area contributed by atoms with Crippen LogP contribution < -0.4 is 0 Å². The van der Waals surface area contributed by atoms with Gasteiger partial charge in [-0.05, 0) is 53.3 Å². The van der Waals surface area contributed by atoms with E-state index in [1.54, 1.807) is 0 Å².